The molecule has 0 unspecified atom stereocenters. The van der Waals surface area contributed by atoms with E-state index in [4.69, 9.17) is 0 Å². The fourth-order valence-electron chi connectivity index (χ4n) is 4.30. The van der Waals surface area contributed by atoms with Crippen LogP contribution in [0.5, 0.6) is 0 Å². The number of hydrogen-bond acceptors (Lipinski definition) is 2. The van der Waals surface area contributed by atoms with Crippen LogP contribution in [-0.4, -0.2) is 41.9 Å². The van der Waals surface area contributed by atoms with Crippen molar-refractivity contribution in [3.8, 4) is 0 Å². The Hall–Kier alpha value is -2.13. The van der Waals surface area contributed by atoms with Gasteiger partial charge >= 0.3 is 0 Å². The van der Waals surface area contributed by atoms with Gasteiger partial charge in [0, 0.05) is 32.1 Å². The highest BCUT2D eigenvalue weighted by atomic mass is 16.2. The molecule has 3 rings (SSSR count). The molecular weight excluding hydrogens is 344 g/mol. The van der Waals surface area contributed by atoms with Gasteiger partial charge in [0.05, 0.1) is 6.04 Å². The van der Waals surface area contributed by atoms with Crippen LogP contribution in [0, 0.1) is 5.92 Å². The van der Waals surface area contributed by atoms with Gasteiger partial charge in [-0.2, -0.15) is 0 Å². The third kappa shape index (κ3) is 5.02. The average molecular weight is 379 g/mol. The van der Waals surface area contributed by atoms with E-state index in [1.54, 1.807) is 0 Å². The van der Waals surface area contributed by atoms with Gasteiger partial charge in [-0.3, -0.25) is 9.69 Å². The van der Waals surface area contributed by atoms with E-state index in [2.05, 4.69) is 84.3 Å². The molecule has 0 saturated carbocycles. The molecule has 0 aromatic heterocycles. The van der Waals surface area contributed by atoms with Crippen LogP contribution in [0.1, 0.15) is 56.7 Å². The number of hydrogen-bond donors (Lipinski definition) is 0. The van der Waals surface area contributed by atoms with Gasteiger partial charge in [0.2, 0.25) is 5.91 Å². The Balaban J connectivity index is 1.70. The van der Waals surface area contributed by atoms with Crippen LogP contribution in [0.4, 0.5) is 0 Å². The largest absolute Gasteiger partial charge is 0.340 e. The first-order valence-electron chi connectivity index (χ1n) is 10.9. The first-order chi connectivity index (χ1) is 13.7. The maximum absolute atomic E-state index is 13.0. The van der Waals surface area contributed by atoms with Crippen molar-refractivity contribution in [2.24, 2.45) is 5.92 Å². The number of unbranched alkanes of at least 4 members (excludes halogenated alkanes) is 1. The van der Waals surface area contributed by atoms with Crippen molar-refractivity contribution in [2.75, 3.05) is 26.2 Å². The minimum absolute atomic E-state index is 0.200. The van der Waals surface area contributed by atoms with E-state index in [0.717, 1.165) is 51.9 Å². The Morgan fingerprint density at radius 3 is 1.86 bits per heavy atom. The van der Waals surface area contributed by atoms with Crippen molar-refractivity contribution >= 4 is 5.91 Å². The zero-order valence-corrected chi connectivity index (χ0v) is 17.4. The predicted octanol–water partition coefficient (Wildman–Crippen LogP) is 5.14. The summed E-state index contributed by atoms with van der Waals surface area (Å²) in [7, 11) is 0. The smallest absolute Gasteiger partial charge is 0.225 e. The van der Waals surface area contributed by atoms with Crippen LogP contribution < -0.4 is 0 Å². The lowest BCUT2D eigenvalue weighted by molar-refractivity contribution is -0.138. The molecule has 3 nitrogen and oxygen atoms in total. The molecular formula is C25H34N2O. The van der Waals surface area contributed by atoms with E-state index in [9.17, 15) is 4.79 Å². The van der Waals surface area contributed by atoms with E-state index < -0.39 is 0 Å². The molecule has 1 heterocycles. The number of piperazine rings is 1. The van der Waals surface area contributed by atoms with Crippen molar-refractivity contribution in [3.05, 3.63) is 71.8 Å². The third-order valence-corrected chi connectivity index (χ3v) is 5.97. The molecule has 0 radical (unpaired) electrons. The number of rotatable bonds is 8. The second-order valence-electron chi connectivity index (χ2n) is 7.83. The average Bonchev–Trinajstić information content (AvgIpc) is 2.76. The molecule has 1 amide bonds. The van der Waals surface area contributed by atoms with Gasteiger partial charge in [-0.05, 0) is 24.0 Å². The molecule has 1 saturated heterocycles. The highest BCUT2D eigenvalue weighted by Crippen LogP contribution is 2.30. The fourth-order valence-corrected chi connectivity index (χ4v) is 4.30. The number of amides is 1. The van der Waals surface area contributed by atoms with Gasteiger partial charge in [-0.25, -0.2) is 0 Å². The zero-order chi connectivity index (χ0) is 19.8. The molecule has 1 fully saturated rings. The van der Waals surface area contributed by atoms with Gasteiger partial charge in [-0.1, -0.05) is 87.4 Å². The summed E-state index contributed by atoms with van der Waals surface area (Å²) in [6.07, 6.45) is 4.29. The summed E-state index contributed by atoms with van der Waals surface area (Å²) in [6.45, 7) is 7.85. The van der Waals surface area contributed by atoms with Crippen LogP contribution in [0.15, 0.2) is 60.7 Å². The van der Waals surface area contributed by atoms with Crippen molar-refractivity contribution in [1.29, 1.82) is 0 Å². The Labute approximate surface area is 170 Å². The molecule has 1 atom stereocenters. The quantitative estimate of drug-likeness (QED) is 0.635. The molecule has 28 heavy (non-hydrogen) atoms. The topological polar surface area (TPSA) is 23.6 Å². The lowest BCUT2D eigenvalue weighted by Gasteiger charge is -2.40. The molecule has 3 heteroatoms. The van der Waals surface area contributed by atoms with Crippen molar-refractivity contribution < 1.29 is 4.79 Å². The number of carbonyl (C=O) groups is 1. The van der Waals surface area contributed by atoms with Crippen LogP contribution in [0.25, 0.3) is 0 Å². The summed E-state index contributed by atoms with van der Waals surface area (Å²) < 4.78 is 0. The second kappa shape index (κ2) is 10.4. The minimum Gasteiger partial charge on any atom is -0.340 e. The summed E-state index contributed by atoms with van der Waals surface area (Å²) in [5.74, 6) is 0.567. The Kier molecular flexibility index (Phi) is 7.67. The third-order valence-electron chi connectivity index (χ3n) is 5.97. The van der Waals surface area contributed by atoms with Crippen LogP contribution in [-0.2, 0) is 4.79 Å². The summed E-state index contributed by atoms with van der Waals surface area (Å²) >= 11 is 0. The molecule has 0 bridgehead atoms. The molecule has 1 aliphatic heterocycles. The van der Waals surface area contributed by atoms with E-state index >= 15 is 0 Å². The van der Waals surface area contributed by atoms with Crippen molar-refractivity contribution in [3.63, 3.8) is 0 Å². The van der Waals surface area contributed by atoms with Gasteiger partial charge in [0.1, 0.15) is 0 Å². The van der Waals surface area contributed by atoms with Crippen molar-refractivity contribution in [2.45, 2.75) is 45.6 Å². The molecule has 0 N–H and O–H groups in total. The first kappa shape index (κ1) is 20.6. The predicted molar refractivity (Wildman–Crippen MR) is 116 cm³/mol. The number of benzene rings is 2. The van der Waals surface area contributed by atoms with Gasteiger partial charge in [0.25, 0.3) is 0 Å². The molecule has 0 aliphatic carbocycles. The summed E-state index contributed by atoms with van der Waals surface area (Å²) in [5.41, 5.74) is 2.64. The van der Waals surface area contributed by atoms with Crippen LogP contribution >= 0.6 is 0 Å². The van der Waals surface area contributed by atoms with Crippen LogP contribution in [0.3, 0.4) is 0 Å². The van der Waals surface area contributed by atoms with E-state index in [1.807, 2.05) is 0 Å². The molecule has 0 spiro atoms. The van der Waals surface area contributed by atoms with Crippen molar-refractivity contribution in [1.82, 2.24) is 9.80 Å². The lowest BCUT2D eigenvalue weighted by atomic mass is 9.95. The molecule has 2 aromatic rings. The standard InChI is InChI=1S/C25H34N2O/c1-3-5-12-21(4-2)25(28)27-19-17-26(18-20-27)24(22-13-8-6-9-14-22)23-15-10-7-11-16-23/h6-11,13-16,21,24H,3-5,12,17-20H2,1-2H3/t21-/m0/s1. The van der Waals surface area contributed by atoms with E-state index in [-0.39, 0.29) is 12.0 Å². The Morgan fingerprint density at radius 1 is 0.857 bits per heavy atom. The highest BCUT2D eigenvalue weighted by molar-refractivity contribution is 5.78. The molecule has 2 aromatic carbocycles. The van der Waals surface area contributed by atoms with Crippen LogP contribution in [0.2, 0.25) is 0 Å². The normalized spacial score (nSPS) is 16.3. The van der Waals surface area contributed by atoms with Gasteiger partial charge < -0.3 is 4.90 Å². The summed E-state index contributed by atoms with van der Waals surface area (Å²) in [6, 6.07) is 21.7. The number of nitrogens with zero attached hydrogens (tertiary/aromatic N) is 2. The second-order valence-corrected chi connectivity index (χ2v) is 7.83. The Bertz CT molecular complexity index is 668. The van der Waals surface area contributed by atoms with E-state index in [1.165, 1.54) is 11.1 Å². The molecule has 1 aliphatic rings. The maximum Gasteiger partial charge on any atom is 0.225 e. The van der Waals surface area contributed by atoms with E-state index in [0.29, 0.717) is 5.91 Å². The summed E-state index contributed by atoms with van der Waals surface area (Å²) in [4.78, 5) is 17.6. The highest BCUT2D eigenvalue weighted by Gasteiger charge is 2.30. The van der Waals surface area contributed by atoms with Gasteiger partial charge in [-0.15, -0.1) is 0 Å². The fraction of sp³-hybridized carbons (Fsp3) is 0.480. The maximum atomic E-state index is 13.0. The minimum atomic E-state index is 0.200. The van der Waals surface area contributed by atoms with Gasteiger partial charge in [0.15, 0.2) is 0 Å². The monoisotopic (exact) mass is 378 g/mol. The number of carbonyl (C=O) groups excluding carboxylic acids is 1. The Morgan fingerprint density at radius 2 is 1.39 bits per heavy atom. The summed E-state index contributed by atoms with van der Waals surface area (Å²) in [5, 5.41) is 0. The lowest BCUT2D eigenvalue weighted by Crippen LogP contribution is -2.51. The first-order valence-corrected chi connectivity index (χ1v) is 10.9. The SMILES string of the molecule is CCCC[C@H](CC)C(=O)N1CCN(C(c2ccccc2)c2ccccc2)CC1. The zero-order valence-electron chi connectivity index (χ0n) is 17.4. The molecule has 150 valence electrons.